The maximum atomic E-state index is 12.6. The third-order valence-corrected chi connectivity index (χ3v) is 4.65. The maximum Gasteiger partial charge on any atom is 0.271 e. The highest BCUT2D eigenvalue weighted by Crippen LogP contribution is 2.23. The van der Waals surface area contributed by atoms with Gasteiger partial charge in [0.15, 0.2) is 0 Å². The monoisotopic (exact) mass is 404 g/mol. The molecule has 0 bridgehead atoms. The zero-order valence-electron chi connectivity index (χ0n) is 17.7. The van der Waals surface area contributed by atoms with Crippen LogP contribution < -0.4 is 10.1 Å². The van der Waals surface area contributed by atoms with Crippen LogP contribution in [0.2, 0.25) is 0 Å². The van der Waals surface area contributed by atoms with Crippen molar-refractivity contribution in [3.63, 3.8) is 0 Å². The largest absolute Gasteiger partial charge is 0.439 e. The normalized spacial score (nSPS) is 10.4. The van der Waals surface area contributed by atoms with Crippen LogP contribution in [0.15, 0.2) is 48.7 Å². The molecule has 2 heterocycles. The number of anilines is 1. The smallest absolute Gasteiger partial charge is 0.271 e. The Kier molecular flexibility index (Phi) is 6.11. The summed E-state index contributed by atoms with van der Waals surface area (Å²) in [5, 5.41) is 2.79. The number of nitrogens with zero attached hydrogens (tertiary/aromatic N) is 3. The quantitative estimate of drug-likeness (QED) is 0.691. The van der Waals surface area contributed by atoms with E-state index in [9.17, 15) is 9.59 Å². The van der Waals surface area contributed by atoms with E-state index in [1.807, 2.05) is 32.0 Å². The van der Waals surface area contributed by atoms with Crippen LogP contribution in [0.5, 0.6) is 11.6 Å². The number of benzene rings is 1. The molecule has 0 spiro atoms. The first-order valence-corrected chi connectivity index (χ1v) is 9.46. The molecule has 0 radical (unpaired) electrons. The topological polar surface area (TPSA) is 84.4 Å². The molecule has 0 aliphatic carbocycles. The molecule has 1 N–H and O–H groups in total. The molecule has 3 aromatic rings. The molecule has 0 aliphatic heterocycles. The van der Waals surface area contributed by atoms with E-state index in [1.165, 1.54) is 16.7 Å². The Bertz CT molecular complexity index is 1090. The fourth-order valence-corrected chi connectivity index (χ4v) is 2.76. The lowest BCUT2D eigenvalue weighted by Crippen LogP contribution is -2.23. The van der Waals surface area contributed by atoms with Crippen LogP contribution in [0.4, 0.5) is 5.69 Å². The van der Waals surface area contributed by atoms with Crippen LogP contribution in [0.3, 0.4) is 0 Å². The van der Waals surface area contributed by atoms with Gasteiger partial charge < -0.3 is 15.0 Å². The number of rotatable bonds is 5. The van der Waals surface area contributed by atoms with Gasteiger partial charge in [-0.15, -0.1) is 0 Å². The van der Waals surface area contributed by atoms with Gasteiger partial charge in [-0.25, -0.2) is 9.97 Å². The molecule has 1 aromatic carbocycles. The van der Waals surface area contributed by atoms with Crippen molar-refractivity contribution in [2.75, 3.05) is 19.4 Å². The minimum atomic E-state index is -0.325. The number of hydrogen-bond acceptors (Lipinski definition) is 5. The van der Waals surface area contributed by atoms with Crippen molar-refractivity contribution < 1.29 is 14.3 Å². The molecular weight excluding hydrogens is 380 g/mol. The number of amides is 2. The lowest BCUT2D eigenvalue weighted by molar-refractivity contribution is 0.0821. The molecule has 0 aliphatic rings. The predicted octanol–water partition coefficient (Wildman–Crippen LogP) is 4.15. The first kappa shape index (κ1) is 21.0. The number of carbonyl (C=O) groups is 2. The number of aromatic nitrogens is 2. The number of nitrogens with one attached hydrogen (secondary N) is 1. The van der Waals surface area contributed by atoms with E-state index in [0.717, 1.165) is 5.56 Å². The molecule has 0 unspecified atom stereocenters. The summed E-state index contributed by atoms with van der Waals surface area (Å²) < 4.78 is 5.76. The SMILES string of the molecule is Cc1ccc(Oc2ccc(NC(=O)c3ccc(C(=O)N(C)C)nc3C)cn2)cc1C. The van der Waals surface area contributed by atoms with Crippen molar-refractivity contribution in [1.82, 2.24) is 14.9 Å². The second-order valence-corrected chi connectivity index (χ2v) is 7.22. The van der Waals surface area contributed by atoms with Gasteiger partial charge in [0.05, 0.1) is 23.1 Å². The van der Waals surface area contributed by atoms with Crippen LogP contribution in [0.1, 0.15) is 37.7 Å². The number of hydrogen-bond donors (Lipinski definition) is 1. The third-order valence-electron chi connectivity index (χ3n) is 4.65. The van der Waals surface area contributed by atoms with Crippen molar-refractivity contribution in [3.8, 4) is 11.6 Å². The molecular formula is C23H24N4O3. The van der Waals surface area contributed by atoms with Crippen molar-refractivity contribution in [2.45, 2.75) is 20.8 Å². The molecule has 0 saturated heterocycles. The van der Waals surface area contributed by atoms with E-state index < -0.39 is 0 Å². The van der Waals surface area contributed by atoms with E-state index in [2.05, 4.69) is 15.3 Å². The molecule has 0 saturated carbocycles. The fourth-order valence-electron chi connectivity index (χ4n) is 2.76. The summed E-state index contributed by atoms with van der Waals surface area (Å²) in [5.41, 5.74) is 4.02. The third kappa shape index (κ3) is 4.81. The Morgan fingerprint density at radius 3 is 2.33 bits per heavy atom. The summed E-state index contributed by atoms with van der Waals surface area (Å²) in [6.07, 6.45) is 1.53. The van der Waals surface area contributed by atoms with Crippen LogP contribution in [-0.2, 0) is 0 Å². The Morgan fingerprint density at radius 1 is 0.967 bits per heavy atom. The summed E-state index contributed by atoms with van der Waals surface area (Å²) in [6, 6.07) is 12.4. The van der Waals surface area contributed by atoms with Gasteiger partial charge in [-0.1, -0.05) is 6.07 Å². The van der Waals surface area contributed by atoms with Crippen LogP contribution in [0, 0.1) is 20.8 Å². The van der Waals surface area contributed by atoms with Crippen molar-refractivity contribution in [3.05, 3.63) is 76.7 Å². The van der Waals surface area contributed by atoms with Gasteiger partial charge in [-0.3, -0.25) is 9.59 Å². The molecule has 3 rings (SSSR count). The van der Waals surface area contributed by atoms with Crippen LogP contribution in [-0.4, -0.2) is 40.8 Å². The summed E-state index contributed by atoms with van der Waals surface area (Å²) in [7, 11) is 3.31. The highest BCUT2D eigenvalue weighted by molar-refractivity contribution is 6.05. The van der Waals surface area contributed by atoms with Crippen LogP contribution in [0.25, 0.3) is 0 Å². The van der Waals surface area contributed by atoms with Gasteiger partial charge in [0.25, 0.3) is 11.8 Å². The Labute approximate surface area is 175 Å². The lowest BCUT2D eigenvalue weighted by Gasteiger charge is -2.12. The van der Waals surface area contributed by atoms with E-state index in [0.29, 0.717) is 34.3 Å². The minimum absolute atomic E-state index is 0.214. The van der Waals surface area contributed by atoms with E-state index in [4.69, 9.17) is 4.74 Å². The first-order valence-electron chi connectivity index (χ1n) is 9.46. The zero-order valence-corrected chi connectivity index (χ0v) is 17.7. The number of carbonyl (C=O) groups excluding carboxylic acids is 2. The Balaban J connectivity index is 1.68. The maximum absolute atomic E-state index is 12.6. The van der Waals surface area contributed by atoms with E-state index in [-0.39, 0.29) is 11.8 Å². The van der Waals surface area contributed by atoms with Gasteiger partial charge in [0.1, 0.15) is 11.4 Å². The molecule has 7 nitrogen and oxygen atoms in total. The van der Waals surface area contributed by atoms with Crippen molar-refractivity contribution in [2.24, 2.45) is 0 Å². The molecule has 7 heteroatoms. The number of pyridine rings is 2. The fraction of sp³-hybridized carbons (Fsp3) is 0.217. The first-order chi connectivity index (χ1) is 14.2. The van der Waals surface area contributed by atoms with Gasteiger partial charge in [-0.05, 0) is 62.2 Å². The standard InChI is InChI=1S/C23H24N4O3/c1-14-6-8-18(12-15(14)2)30-21-11-7-17(13-24-21)26-22(28)19-9-10-20(25-16(19)3)23(29)27(4)5/h6-13H,1-5H3,(H,26,28). The molecule has 0 atom stereocenters. The summed E-state index contributed by atoms with van der Waals surface area (Å²) >= 11 is 0. The average molecular weight is 404 g/mol. The Morgan fingerprint density at radius 2 is 1.73 bits per heavy atom. The predicted molar refractivity (Wildman–Crippen MR) is 115 cm³/mol. The minimum Gasteiger partial charge on any atom is -0.439 e. The van der Waals surface area contributed by atoms with Gasteiger partial charge >= 0.3 is 0 Å². The molecule has 30 heavy (non-hydrogen) atoms. The van der Waals surface area contributed by atoms with E-state index >= 15 is 0 Å². The van der Waals surface area contributed by atoms with Crippen LogP contribution >= 0.6 is 0 Å². The van der Waals surface area contributed by atoms with E-state index in [1.54, 1.807) is 45.3 Å². The number of ether oxygens (including phenoxy) is 1. The van der Waals surface area contributed by atoms with Gasteiger partial charge in [-0.2, -0.15) is 0 Å². The van der Waals surface area contributed by atoms with Crippen molar-refractivity contribution in [1.29, 1.82) is 0 Å². The molecule has 2 aromatic heterocycles. The molecule has 2 amide bonds. The molecule has 0 fully saturated rings. The highest BCUT2D eigenvalue weighted by atomic mass is 16.5. The van der Waals surface area contributed by atoms with Gasteiger partial charge in [0.2, 0.25) is 5.88 Å². The summed E-state index contributed by atoms with van der Waals surface area (Å²) in [5.74, 6) is 0.596. The average Bonchev–Trinajstić information content (AvgIpc) is 2.71. The summed E-state index contributed by atoms with van der Waals surface area (Å²) in [4.78, 5) is 34.5. The van der Waals surface area contributed by atoms with Gasteiger partial charge in [0, 0.05) is 20.2 Å². The van der Waals surface area contributed by atoms with Crippen molar-refractivity contribution >= 4 is 17.5 Å². The second kappa shape index (κ2) is 8.73. The highest BCUT2D eigenvalue weighted by Gasteiger charge is 2.15. The number of aryl methyl sites for hydroxylation is 3. The second-order valence-electron chi connectivity index (χ2n) is 7.22. The lowest BCUT2D eigenvalue weighted by atomic mass is 10.1. The zero-order chi connectivity index (χ0) is 21.8. The Hall–Kier alpha value is -3.74. The summed E-state index contributed by atoms with van der Waals surface area (Å²) in [6.45, 7) is 5.76. The molecule has 154 valence electrons.